The number of benzene rings is 1. The number of likely N-dealkylation sites (tertiary alicyclic amines) is 1. The zero-order chi connectivity index (χ0) is 22.2. The summed E-state index contributed by atoms with van der Waals surface area (Å²) in [4.78, 5) is 27.4. The van der Waals surface area contributed by atoms with Crippen molar-refractivity contribution in [3.63, 3.8) is 0 Å². The molecule has 0 atom stereocenters. The smallest absolute Gasteiger partial charge is 0.243 e. The summed E-state index contributed by atoms with van der Waals surface area (Å²) in [5, 5.41) is 6.75. The fourth-order valence-corrected chi connectivity index (χ4v) is 4.22. The molecule has 1 amide bonds. The van der Waals surface area contributed by atoms with Crippen LogP contribution in [0.3, 0.4) is 0 Å². The highest BCUT2D eigenvalue weighted by atomic mass is 127. The summed E-state index contributed by atoms with van der Waals surface area (Å²) in [6.45, 7) is 5.91. The summed E-state index contributed by atoms with van der Waals surface area (Å²) >= 11 is 1.65. The number of carbonyl (C=O) groups is 1. The summed E-state index contributed by atoms with van der Waals surface area (Å²) in [5.74, 6) is 0.761. The van der Waals surface area contributed by atoms with Crippen LogP contribution in [0, 0.1) is 6.92 Å². The van der Waals surface area contributed by atoms with Crippen molar-refractivity contribution >= 4 is 47.2 Å². The Morgan fingerprint density at radius 2 is 1.91 bits per heavy atom. The Hall–Kier alpha value is -1.72. The maximum absolute atomic E-state index is 12.1. The van der Waals surface area contributed by atoms with Gasteiger partial charge < -0.3 is 15.1 Å². The number of thiazole rings is 1. The number of aliphatic imine (C=N–C) groups is 1. The molecule has 1 saturated heterocycles. The van der Waals surface area contributed by atoms with Gasteiger partial charge in [0.15, 0.2) is 5.96 Å². The van der Waals surface area contributed by atoms with Crippen LogP contribution >= 0.6 is 35.3 Å². The van der Waals surface area contributed by atoms with Crippen LogP contribution in [0.4, 0.5) is 0 Å². The van der Waals surface area contributed by atoms with Gasteiger partial charge in [0.25, 0.3) is 0 Å². The Morgan fingerprint density at radius 1 is 1.22 bits per heavy atom. The summed E-state index contributed by atoms with van der Waals surface area (Å²) in [6.07, 6.45) is 2.11. The second-order valence-corrected chi connectivity index (χ2v) is 9.38. The van der Waals surface area contributed by atoms with E-state index in [1.165, 1.54) is 5.56 Å². The summed E-state index contributed by atoms with van der Waals surface area (Å²) in [6, 6.07) is 11.0. The highest BCUT2D eigenvalue weighted by molar-refractivity contribution is 14.0. The molecule has 176 valence electrons. The monoisotopic (exact) mass is 570 g/mol. The van der Waals surface area contributed by atoms with Crippen molar-refractivity contribution in [3.8, 4) is 0 Å². The number of aromatic nitrogens is 1. The molecule has 7 nitrogen and oxygen atoms in total. The van der Waals surface area contributed by atoms with E-state index >= 15 is 0 Å². The van der Waals surface area contributed by atoms with Crippen molar-refractivity contribution < 1.29 is 4.79 Å². The van der Waals surface area contributed by atoms with Crippen molar-refractivity contribution in [1.29, 1.82) is 0 Å². The first-order chi connectivity index (χ1) is 14.9. The lowest BCUT2D eigenvalue weighted by atomic mass is 10.0. The standard InChI is InChI=1S/C23H34N6OS.HI/c1-18-25-21(17-31-18)16-28(4)23(24-14-22(30)27(2)3)26-20-10-12-29(13-11-20)15-19-8-6-5-7-9-19;/h5-9,17,20H,10-16H2,1-4H3,(H,24,26);1H. The first kappa shape index (κ1) is 26.5. The molecule has 9 heteroatoms. The van der Waals surface area contributed by atoms with Crippen molar-refractivity contribution in [2.24, 2.45) is 4.99 Å². The molecule has 3 rings (SSSR count). The van der Waals surface area contributed by atoms with Crippen molar-refractivity contribution in [2.75, 3.05) is 40.8 Å². The van der Waals surface area contributed by atoms with Gasteiger partial charge >= 0.3 is 0 Å². The maximum atomic E-state index is 12.1. The topological polar surface area (TPSA) is 64.1 Å². The molecule has 0 unspecified atom stereocenters. The molecular weight excluding hydrogens is 535 g/mol. The minimum Gasteiger partial charge on any atom is -0.353 e. The van der Waals surface area contributed by atoms with E-state index in [4.69, 9.17) is 0 Å². The Labute approximate surface area is 212 Å². The predicted octanol–water partition coefficient (Wildman–Crippen LogP) is 3.20. The van der Waals surface area contributed by atoms with Crippen LogP contribution in [0.1, 0.15) is 29.1 Å². The lowest BCUT2D eigenvalue weighted by molar-refractivity contribution is -0.127. The minimum atomic E-state index is -0.00474. The molecule has 1 fully saturated rings. The first-order valence-electron chi connectivity index (χ1n) is 10.8. The number of carbonyl (C=O) groups excluding carboxylic acids is 1. The van der Waals surface area contributed by atoms with E-state index < -0.39 is 0 Å². The molecule has 0 saturated carbocycles. The van der Waals surface area contributed by atoms with Crippen LogP contribution < -0.4 is 5.32 Å². The van der Waals surface area contributed by atoms with Crippen molar-refractivity contribution in [3.05, 3.63) is 52.0 Å². The zero-order valence-electron chi connectivity index (χ0n) is 19.5. The number of hydrogen-bond acceptors (Lipinski definition) is 5. The Bertz CT molecular complexity index is 864. The average molecular weight is 571 g/mol. The lowest BCUT2D eigenvalue weighted by Gasteiger charge is -2.34. The second kappa shape index (κ2) is 13.1. The van der Waals surface area contributed by atoms with Crippen molar-refractivity contribution in [1.82, 2.24) is 25.0 Å². The van der Waals surface area contributed by atoms with Crippen LogP contribution in [-0.4, -0.2) is 78.4 Å². The third-order valence-electron chi connectivity index (χ3n) is 5.46. The van der Waals surface area contributed by atoms with Gasteiger partial charge in [-0.3, -0.25) is 9.69 Å². The van der Waals surface area contributed by atoms with E-state index in [9.17, 15) is 4.79 Å². The van der Waals surface area contributed by atoms with Gasteiger partial charge in [0.2, 0.25) is 5.91 Å². The minimum absolute atomic E-state index is 0. The number of guanidine groups is 1. The fraction of sp³-hybridized carbons (Fsp3) is 0.522. The Balaban J connectivity index is 0.00000363. The number of aryl methyl sites for hydroxylation is 1. The molecule has 0 spiro atoms. The van der Waals surface area contributed by atoms with Crippen LogP contribution in [0.15, 0.2) is 40.7 Å². The number of nitrogens with one attached hydrogen (secondary N) is 1. The van der Waals surface area contributed by atoms with Crippen LogP contribution in [0.2, 0.25) is 0 Å². The largest absolute Gasteiger partial charge is 0.353 e. The van der Waals surface area contributed by atoms with E-state index in [2.05, 4.69) is 60.8 Å². The van der Waals surface area contributed by atoms with Gasteiger partial charge in [-0.25, -0.2) is 9.98 Å². The highest BCUT2D eigenvalue weighted by Crippen LogP contribution is 2.15. The molecule has 2 aromatic rings. The van der Waals surface area contributed by atoms with Crippen LogP contribution in [-0.2, 0) is 17.9 Å². The average Bonchev–Trinajstić information content (AvgIpc) is 3.17. The number of amides is 1. The number of nitrogens with zero attached hydrogens (tertiary/aromatic N) is 5. The third-order valence-corrected chi connectivity index (χ3v) is 6.28. The summed E-state index contributed by atoms with van der Waals surface area (Å²) in [5.41, 5.74) is 2.38. The first-order valence-corrected chi connectivity index (χ1v) is 11.7. The second-order valence-electron chi connectivity index (χ2n) is 8.32. The molecule has 1 aromatic heterocycles. The SMILES string of the molecule is Cc1nc(CN(C)C(=NCC(=O)N(C)C)NC2CCN(Cc3ccccc3)CC2)cs1.I. The van der Waals surface area contributed by atoms with Gasteiger partial charge in [-0.1, -0.05) is 30.3 Å². The summed E-state index contributed by atoms with van der Waals surface area (Å²) in [7, 11) is 5.52. The number of piperidine rings is 1. The number of halogens is 1. The quantitative estimate of drug-likeness (QED) is 0.315. The van der Waals surface area contributed by atoms with E-state index in [0.29, 0.717) is 12.6 Å². The molecule has 2 heterocycles. The van der Waals surface area contributed by atoms with Gasteiger partial charge in [-0.15, -0.1) is 35.3 Å². The molecule has 32 heavy (non-hydrogen) atoms. The predicted molar refractivity (Wildman–Crippen MR) is 143 cm³/mol. The Morgan fingerprint density at radius 3 is 2.50 bits per heavy atom. The van der Waals surface area contributed by atoms with Gasteiger partial charge in [0.1, 0.15) is 6.54 Å². The Kier molecular flexibility index (Phi) is 10.9. The highest BCUT2D eigenvalue weighted by Gasteiger charge is 2.22. The number of likely N-dealkylation sites (N-methyl/N-ethyl adjacent to an activating group) is 1. The lowest BCUT2D eigenvalue weighted by Crippen LogP contribution is -2.49. The molecule has 0 aliphatic carbocycles. The maximum Gasteiger partial charge on any atom is 0.243 e. The molecular formula is C23H35IN6OS. The fourth-order valence-electron chi connectivity index (χ4n) is 3.62. The molecule has 1 aliphatic heterocycles. The molecule has 1 aliphatic rings. The van der Waals surface area contributed by atoms with Crippen LogP contribution in [0.25, 0.3) is 0 Å². The van der Waals surface area contributed by atoms with Crippen LogP contribution in [0.5, 0.6) is 0 Å². The summed E-state index contributed by atoms with van der Waals surface area (Å²) < 4.78 is 0. The zero-order valence-corrected chi connectivity index (χ0v) is 22.6. The number of hydrogen-bond donors (Lipinski definition) is 1. The van der Waals surface area contributed by atoms with Gasteiger partial charge in [0.05, 0.1) is 17.2 Å². The normalized spacial score (nSPS) is 15.2. The third kappa shape index (κ3) is 8.32. The molecule has 1 N–H and O–H groups in total. The van der Waals surface area contributed by atoms with E-state index in [-0.39, 0.29) is 36.4 Å². The van der Waals surface area contributed by atoms with Gasteiger partial charge in [-0.2, -0.15) is 0 Å². The molecule has 1 aromatic carbocycles. The van der Waals surface area contributed by atoms with Crippen molar-refractivity contribution in [2.45, 2.75) is 38.9 Å². The van der Waals surface area contributed by atoms with Gasteiger partial charge in [-0.05, 0) is 25.3 Å². The van der Waals surface area contributed by atoms with Gasteiger partial charge in [0, 0.05) is 52.2 Å². The van der Waals surface area contributed by atoms with E-state index in [1.807, 2.05) is 14.0 Å². The van der Waals surface area contributed by atoms with E-state index in [1.54, 1.807) is 30.3 Å². The number of rotatable bonds is 7. The molecule has 0 bridgehead atoms. The van der Waals surface area contributed by atoms with E-state index in [0.717, 1.165) is 49.1 Å². The molecule has 0 radical (unpaired) electrons.